The van der Waals surface area contributed by atoms with Crippen LogP contribution in [0.5, 0.6) is 5.75 Å². The van der Waals surface area contributed by atoms with Gasteiger partial charge in [0.25, 0.3) is 0 Å². The van der Waals surface area contributed by atoms with E-state index in [2.05, 4.69) is 4.98 Å². The number of benzene rings is 1. The molecule has 0 unspecified atom stereocenters. The number of H-pyrrole nitrogens is 1. The Morgan fingerprint density at radius 1 is 1.27 bits per heavy atom. The maximum Gasteiger partial charge on any atom is 0.332 e. The molecule has 0 saturated carbocycles. The predicted molar refractivity (Wildman–Crippen MR) is 91.0 cm³/mol. The quantitative estimate of drug-likeness (QED) is 0.673. The Hall–Kier alpha value is -1.92. The average Bonchev–Trinajstić information content (AvgIpc) is 2.81. The van der Waals surface area contributed by atoms with E-state index in [0.717, 1.165) is 15.8 Å². The molecule has 4 nitrogen and oxygen atoms in total. The maximum absolute atomic E-state index is 11.6. The lowest BCUT2D eigenvalue weighted by atomic mass is 10.2. The third kappa shape index (κ3) is 4.54. The summed E-state index contributed by atoms with van der Waals surface area (Å²) in [6, 6.07) is 7.75. The summed E-state index contributed by atoms with van der Waals surface area (Å²) >= 11 is 6.58. The molecule has 0 fully saturated rings. The van der Waals surface area contributed by atoms with Crippen molar-refractivity contribution in [3.8, 4) is 5.75 Å². The molecule has 6 heteroatoms. The molecule has 0 amide bonds. The number of hydrogen-bond donors (Lipinski definition) is 1. The fourth-order valence-corrected chi connectivity index (χ4v) is 3.00. The van der Waals surface area contributed by atoms with Crippen molar-refractivity contribution in [3.63, 3.8) is 0 Å². The first-order chi connectivity index (χ1) is 10.6. The lowest BCUT2D eigenvalue weighted by molar-refractivity contribution is -0.135. The van der Waals surface area contributed by atoms with Crippen LogP contribution in [0.4, 0.5) is 0 Å². The molecule has 0 spiro atoms. The van der Waals surface area contributed by atoms with E-state index in [4.69, 9.17) is 21.7 Å². The van der Waals surface area contributed by atoms with Crippen LogP contribution < -0.4 is 14.6 Å². The molecule has 0 aliphatic rings. The summed E-state index contributed by atoms with van der Waals surface area (Å²) in [6.07, 6.45) is 3.40. The molecule has 1 N–H and O–H groups in total. The van der Waals surface area contributed by atoms with E-state index < -0.39 is 0 Å². The van der Waals surface area contributed by atoms with E-state index in [1.807, 2.05) is 37.3 Å². The van der Waals surface area contributed by atoms with Crippen LogP contribution in [-0.4, -0.2) is 24.2 Å². The summed E-state index contributed by atoms with van der Waals surface area (Å²) in [5, 5.41) is 0.669. The minimum atomic E-state index is -0.382. The van der Waals surface area contributed by atoms with E-state index in [1.165, 1.54) is 17.4 Å². The van der Waals surface area contributed by atoms with E-state index in [1.54, 1.807) is 6.92 Å². The second kappa shape index (κ2) is 7.91. The van der Waals surface area contributed by atoms with Gasteiger partial charge >= 0.3 is 5.97 Å². The summed E-state index contributed by atoms with van der Waals surface area (Å²) in [5.41, 5.74) is 1.01. The molecule has 0 saturated heterocycles. The number of aromatic nitrogens is 1. The van der Waals surface area contributed by atoms with Gasteiger partial charge in [0, 0.05) is 6.08 Å². The van der Waals surface area contributed by atoms with Gasteiger partial charge in [0.2, 0.25) is 0 Å². The standard InChI is InChI=1S/C16H17NO3S2/c1-3-19-12-7-5-11(6-8-12)9-14-13(17-16(21)22-14)10-15(18)20-4-2/h5-10H,3-4H2,1-2H3,(H,17,21)/b13-10-,14-9-. The fourth-order valence-electron chi connectivity index (χ4n) is 1.85. The van der Waals surface area contributed by atoms with Crippen molar-refractivity contribution in [3.05, 3.63) is 43.7 Å². The highest BCUT2D eigenvalue weighted by Crippen LogP contribution is 2.12. The highest BCUT2D eigenvalue weighted by molar-refractivity contribution is 7.73. The van der Waals surface area contributed by atoms with Crippen molar-refractivity contribution in [2.45, 2.75) is 13.8 Å². The molecule has 22 heavy (non-hydrogen) atoms. The summed E-state index contributed by atoms with van der Waals surface area (Å²) in [7, 11) is 0. The topological polar surface area (TPSA) is 51.3 Å². The number of carbonyl (C=O) groups excluding carboxylic acids is 1. The van der Waals surface area contributed by atoms with Gasteiger partial charge in [-0.15, -0.1) is 11.3 Å². The first kappa shape index (κ1) is 16.5. The molecule has 2 aromatic rings. The van der Waals surface area contributed by atoms with E-state index in [0.29, 0.717) is 22.5 Å². The van der Waals surface area contributed by atoms with E-state index in [-0.39, 0.29) is 5.97 Å². The van der Waals surface area contributed by atoms with Gasteiger partial charge in [-0.2, -0.15) is 0 Å². The average molecular weight is 335 g/mol. The molecule has 0 aliphatic heterocycles. The Labute approximate surface area is 137 Å². The molecular formula is C16H17NO3S2. The van der Waals surface area contributed by atoms with Gasteiger partial charge in [0.1, 0.15) is 5.75 Å². The van der Waals surface area contributed by atoms with Gasteiger partial charge in [-0.05, 0) is 49.8 Å². The van der Waals surface area contributed by atoms with E-state index in [9.17, 15) is 4.79 Å². The van der Waals surface area contributed by atoms with Crippen molar-refractivity contribution in [1.29, 1.82) is 0 Å². The molecular weight excluding hydrogens is 318 g/mol. The summed E-state index contributed by atoms with van der Waals surface area (Å²) < 4.78 is 11.9. The third-order valence-electron chi connectivity index (χ3n) is 2.74. The van der Waals surface area contributed by atoms with Crippen LogP contribution in [0.2, 0.25) is 0 Å². The van der Waals surface area contributed by atoms with Gasteiger partial charge in [-0.25, -0.2) is 4.79 Å². The number of rotatable bonds is 5. The number of aromatic amines is 1. The monoisotopic (exact) mass is 335 g/mol. The summed E-state index contributed by atoms with van der Waals surface area (Å²) in [5.74, 6) is 0.451. The van der Waals surface area contributed by atoms with E-state index >= 15 is 0 Å². The Morgan fingerprint density at radius 3 is 2.64 bits per heavy atom. The third-order valence-corrected chi connectivity index (χ3v) is 3.94. The molecule has 0 atom stereocenters. The normalized spacial score (nSPS) is 12.5. The Morgan fingerprint density at radius 2 is 2.00 bits per heavy atom. The van der Waals surface area contributed by atoms with Crippen molar-refractivity contribution in [2.75, 3.05) is 13.2 Å². The number of hydrogen-bond acceptors (Lipinski definition) is 5. The van der Waals surface area contributed by atoms with Crippen molar-refractivity contribution >= 4 is 41.7 Å². The van der Waals surface area contributed by atoms with Crippen molar-refractivity contribution < 1.29 is 14.3 Å². The molecule has 0 radical (unpaired) electrons. The van der Waals surface area contributed by atoms with Crippen LogP contribution in [0.25, 0.3) is 12.2 Å². The van der Waals surface area contributed by atoms with Crippen LogP contribution in [0, 0.1) is 3.95 Å². The largest absolute Gasteiger partial charge is 0.494 e. The molecule has 1 aromatic heterocycles. The van der Waals surface area contributed by atoms with Crippen molar-refractivity contribution in [2.24, 2.45) is 0 Å². The Kier molecular flexibility index (Phi) is 5.91. The zero-order chi connectivity index (χ0) is 15.9. The van der Waals surface area contributed by atoms with Gasteiger partial charge in [0.15, 0.2) is 3.95 Å². The Bertz CT molecular complexity index is 803. The highest BCUT2D eigenvalue weighted by Gasteiger charge is 1.99. The second-order valence-corrected chi connectivity index (χ2v) is 6.05. The highest BCUT2D eigenvalue weighted by atomic mass is 32.1. The second-order valence-electron chi connectivity index (χ2n) is 4.34. The first-order valence-corrected chi connectivity index (χ1v) is 8.17. The van der Waals surface area contributed by atoms with Crippen molar-refractivity contribution in [1.82, 2.24) is 4.98 Å². The minimum absolute atomic E-state index is 0.345. The SMILES string of the molecule is CCOC(=O)/C=c1\[nH]c(=S)s\c1=C/c1ccc(OCC)cc1. The number of thiazole rings is 1. The lowest BCUT2D eigenvalue weighted by Gasteiger charge is -2.01. The molecule has 0 aliphatic carbocycles. The van der Waals surface area contributed by atoms with Gasteiger partial charge in [0.05, 0.1) is 23.1 Å². The number of esters is 1. The Balaban J connectivity index is 2.39. The molecule has 1 heterocycles. The molecule has 1 aromatic carbocycles. The zero-order valence-electron chi connectivity index (χ0n) is 12.4. The smallest absolute Gasteiger partial charge is 0.332 e. The molecule has 2 rings (SSSR count). The maximum atomic E-state index is 11.6. The number of nitrogens with one attached hydrogen (secondary N) is 1. The lowest BCUT2D eigenvalue weighted by Crippen LogP contribution is -2.23. The number of ether oxygens (including phenoxy) is 2. The fraction of sp³-hybridized carbons (Fsp3) is 0.250. The minimum Gasteiger partial charge on any atom is -0.494 e. The van der Waals surface area contributed by atoms with Gasteiger partial charge in [-0.1, -0.05) is 12.1 Å². The van der Waals surface area contributed by atoms with Crippen LogP contribution in [-0.2, 0) is 9.53 Å². The van der Waals surface area contributed by atoms with Crippen LogP contribution in [0.1, 0.15) is 19.4 Å². The zero-order valence-corrected chi connectivity index (χ0v) is 14.1. The van der Waals surface area contributed by atoms with Crippen LogP contribution >= 0.6 is 23.6 Å². The molecule has 116 valence electrons. The first-order valence-electron chi connectivity index (χ1n) is 6.94. The summed E-state index contributed by atoms with van der Waals surface area (Å²) in [6.45, 7) is 4.71. The van der Waals surface area contributed by atoms with Crippen LogP contribution in [0.15, 0.2) is 24.3 Å². The van der Waals surface area contributed by atoms with Crippen LogP contribution in [0.3, 0.4) is 0 Å². The van der Waals surface area contributed by atoms with Gasteiger partial charge in [-0.3, -0.25) is 0 Å². The predicted octanol–water partition coefficient (Wildman–Crippen LogP) is 2.38. The molecule has 0 bridgehead atoms. The number of carbonyl (C=O) groups is 1. The summed E-state index contributed by atoms with van der Waals surface area (Å²) in [4.78, 5) is 14.6. The van der Waals surface area contributed by atoms with Gasteiger partial charge < -0.3 is 14.5 Å².